The third-order valence-electron chi connectivity index (χ3n) is 4.36. The molecule has 3 unspecified atom stereocenters. The normalized spacial score (nSPS) is 24.8. The molecule has 0 radical (unpaired) electrons. The van der Waals surface area contributed by atoms with Crippen molar-refractivity contribution in [1.29, 1.82) is 0 Å². The highest BCUT2D eigenvalue weighted by Crippen LogP contribution is 2.28. The zero-order valence-corrected chi connectivity index (χ0v) is 13.6. The minimum absolute atomic E-state index is 0.0840. The van der Waals surface area contributed by atoms with Crippen molar-refractivity contribution < 1.29 is 8.42 Å². The molecule has 0 amide bonds. The third-order valence-corrected chi connectivity index (χ3v) is 6.02. The molecule has 1 aliphatic rings. The Kier molecular flexibility index (Phi) is 4.55. The van der Waals surface area contributed by atoms with Crippen LogP contribution in [0.25, 0.3) is 0 Å². The van der Waals surface area contributed by atoms with Crippen LogP contribution in [0.5, 0.6) is 0 Å². The fraction of sp³-hybridized carbons (Fsp3) is 0.625. The number of rotatable bonds is 4. The third kappa shape index (κ3) is 3.41. The molecule has 1 saturated carbocycles. The lowest BCUT2D eigenvalue weighted by Crippen LogP contribution is -2.41. The van der Waals surface area contributed by atoms with E-state index in [0.717, 1.165) is 19.3 Å². The smallest absolute Gasteiger partial charge is 0.151 e. The number of benzene rings is 1. The first-order valence-corrected chi connectivity index (χ1v) is 9.26. The number of hydrogen-bond acceptors (Lipinski definition) is 3. The van der Waals surface area contributed by atoms with E-state index in [9.17, 15) is 8.42 Å². The largest absolute Gasteiger partial charge is 0.306 e. The first-order chi connectivity index (χ1) is 9.29. The average Bonchev–Trinajstić information content (AvgIpc) is 2.76. The van der Waals surface area contributed by atoms with E-state index in [1.807, 2.05) is 0 Å². The first-order valence-electron chi connectivity index (χ1n) is 7.31. The average molecular weight is 295 g/mol. The number of hydrogen-bond donors (Lipinski definition) is 1. The minimum atomic E-state index is -2.96. The number of sulfone groups is 1. The second-order valence-corrected chi connectivity index (χ2v) is 8.42. The van der Waals surface area contributed by atoms with Crippen LogP contribution in [0.2, 0.25) is 0 Å². The minimum Gasteiger partial charge on any atom is -0.306 e. The maximum Gasteiger partial charge on any atom is 0.151 e. The maximum absolute atomic E-state index is 11.8. The molecule has 112 valence electrons. The summed E-state index contributed by atoms with van der Waals surface area (Å²) in [6.07, 6.45) is 4.09. The van der Waals surface area contributed by atoms with Crippen molar-refractivity contribution in [3.05, 3.63) is 34.9 Å². The van der Waals surface area contributed by atoms with E-state index in [1.54, 1.807) is 0 Å². The molecule has 1 aromatic rings. The van der Waals surface area contributed by atoms with Crippen molar-refractivity contribution in [1.82, 2.24) is 5.32 Å². The molecule has 3 atom stereocenters. The topological polar surface area (TPSA) is 46.2 Å². The van der Waals surface area contributed by atoms with Crippen molar-refractivity contribution in [3.8, 4) is 0 Å². The van der Waals surface area contributed by atoms with Crippen LogP contribution < -0.4 is 5.32 Å². The van der Waals surface area contributed by atoms with Crippen molar-refractivity contribution in [2.75, 3.05) is 6.26 Å². The second-order valence-electron chi connectivity index (χ2n) is 6.15. The molecule has 0 bridgehead atoms. The first kappa shape index (κ1) is 15.5. The van der Waals surface area contributed by atoms with E-state index in [1.165, 1.54) is 22.9 Å². The Morgan fingerprint density at radius 1 is 1.25 bits per heavy atom. The molecular weight excluding hydrogens is 270 g/mol. The van der Waals surface area contributed by atoms with E-state index in [4.69, 9.17) is 0 Å². The Morgan fingerprint density at radius 3 is 2.55 bits per heavy atom. The molecular formula is C16H25NO2S. The highest BCUT2D eigenvalue weighted by atomic mass is 32.2. The Labute approximate surface area is 122 Å². The van der Waals surface area contributed by atoms with E-state index in [2.05, 4.69) is 44.3 Å². The molecule has 0 spiro atoms. The summed E-state index contributed by atoms with van der Waals surface area (Å²) in [5, 5.41) is 3.31. The zero-order chi connectivity index (χ0) is 14.9. The Balaban J connectivity index is 2.13. The SMILES string of the molecule is Cc1ccc(C(C)NC2CCCC2S(C)(=O)=O)c(C)c1. The molecule has 20 heavy (non-hydrogen) atoms. The highest BCUT2D eigenvalue weighted by molar-refractivity contribution is 7.91. The Hall–Kier alpha value is -0.870. The van der Waals surface area contributed by atoms with Gasteiger partial charge in [0.25, 0.3) is 0 Å². The lowest BCUT2D eigenvalue weighted by molar-refractivity contribution is 0.455. The molecule has 0 heterocycles. The van der Waals surface area contributed by atoms with Gasteiger partial charge in [-0.2, -0.15) is 0 Å². The van der Waals surface area contributed by atoms with Crippen LogP contribution >= 0.6 is 0 Å². The van der Waals surface area contributed by atoms with Gasteiger partial charge in [0.05, 0.1) is 5.25 Å². The van der Waals surface area contributed by atoms with Crippen LogP contribution in [0.4, 0.5) is 0 Å². The monoisotopic (exact) mass is 295 g/mol. The molecule has 0 aromatic heterocycles. The van der Waals surface area contributed by atoms with Gasteiger partial charge in [-0.15, -0.1) is 0 Å². The van der Waals surface area contributed by atoms with Crippen LogP contribution in [0.3, 0.4) is 0 Å². The van der Waals surface area contributed by atoms with Gasteiger partial charge in [0.15, 0.2) is 9.84 Å². The van der Waals surface area contributed by atoms with Crippen LogP contribution in [0.15, 0.2) is 18.2 Å². The van der Waals surface area contributed by atoms with Gasteiger partial charge in [0.2, 0.25) is 0 Å². The van der Waals surface area contributed by atoms with Crippen molar-refractivity contribution in [3.63, 3.8) is 0 Å². The highest BCUT2D eigenvalue weighted by Gasteiger charge is 2.35. The molecule has 3 nitrogen and oxygen atoms in total. The summed E-state index contributed by atoms with van der Waals surface area (Å²) in [7, 11) is -2.96. The van der Waals surface area contributed by atoms with E-state index >= 15 is 0 Å². The predicted molar refractivity (Wildman–Crippen MR) is 83.7 cm³/mol. The fourth-order valence-electron chi connectivity index (χ4n) is 3.35. The van der Waals surface area contributed by atoms with Gasteiger partial charge < -0.3 is 5.32 Å². The van der Waals surface area contributed by atoms with E-state index in [0.29, 0.717) is 0 Å². The summed E-state index contributed by atoms with van der Waals surface area (Å²) < 4.78 is 23.7. The van der Waals surface area contributed by atoms with E-state index in [-0.39, 0.29) is 17.3 Å². The molecule has 1 aliphatic carbocycles. The van der Waals surface area contributed by atoms with Crippen LogP contribution in [-0.2, 0) is 9.84 Å². The quantitative estimate of drug-likeness (QED) is 0.929. The van der Waals surface area contributed by atoms with Gasteiger partial charge in [-0.1, -0.05) is 30.2 Å². The van der Waals surface area contributed by atoms with Crippen LogP contribution in [-0.4, -0.2) is 26.0 Å². The van der Waals surface area contributed by atoms with Crippen LogP contribution in [0, 0.1) is 13.8 Å². The summed E-state index contributed by atoms with van der Waals surface area (Å²) in [6, 6.07) is 6.70. The van der Waals surface area contributed by atoms with Gasteiger partial charge >= 0.3 is 0 Å². The molecule has 2 rings (SSSR count). The molecule has 1 aromatic carbocycles. The number of nitrogens with one attached hydrogen (secondary N) is 1. The summed E-state index contributed by atoms with van der Waals surface area (Å²) in [5.74, 6) is 0. The molecule has 0 aliphatic heterocycles. The lowest BCUT2D eigenvalue weighted by Gasteiger charge is -2.25. The molecule has 4 heteroatoms. The van der Waals surface area contributed by atoms with E-state index < -0.39 is 9.84 Å². The van der Waals surface area contributed by atoms with Crippen molar-refractivity contribution >= 4 is 9.84 Å². The standard InChI is InChI=1S/C16H25NO2S/c1-11-8-9-14(12(2)10-11)13(3)17-15-6-5-7-16(15)20(4,18)19/h8-10,13,15-17H,5-7H2,1-4H3. The summed E-state index contributed by atoms with van der Waals surface area (Å²) in [5.41, 5.74) is 3.78. The Bertz CT molecular complexity index is 580. The molecule has 0 saturated heterocycles. The van der Waals surface area contributed by atoms with Gasteiger partial charge in [-0.05, 0) is 44.7 Å². The van der Waals surface area contributed by atoms with Gasteiger partial charge in [-0.3, -0.25) is 0 Å². The summed E-state index contributed by atoms with van der Waals surface area (Å²) in [6.45, 7) is 6.32. The van der Waals surface area contributed by atoms with Gasteiger partial charge in [0.1, 0.15) is 0 Å². The summed E-state index contributed by atoms with van der Waals surface area (Å²) >= 11 is 0. The molecule has 1 N–H and O–H groups in total. The second kappa shape index (κ2) is 5.86. The zero-order valence-electron chi connectivity index (χ0n) is 12.8. The summed E-state index contributed by atoms with van der Waals surface area (Å²) in [4.78, 5) is 0. The lowest BCUT2D eigenvalue weighted by atomic mass is 9.99. The predicted octanol–water partition coefficient (Wildman–Crippen LogP) is 2.92. The van der Waals surface area contributed by atoms with Crippen LogP contribution in [0.1, 0.15) is 48.9 Å². The number of aryl methyl sites for hydroxylation is 2. The molecule has 1 fully saturated rings. The van der Waals surface area contributed by atoms with Crippen molar-refractivity contribution in [2.45, 2.75) is 57.4 Å². The van der Waals surface area contributed by atoms with Crippen molar-refractivity contribution in [2.24, 2.45) is 0 Å². The van der Waals surface area contributed by atoms with Gasteiger partial charge in [-0.25, -0.2) is 8.42 Å². The fourth-order valence-corrected chi connectivity index (χ4v) is 4.76. The maximum atomic E-state index is 11.8. The Morgan fingerprint density at radius 2 is 1.95 bits per heavy atom. The van der Waals surface area contributed by atoms with Gasteiger partial charge in [0, 0.05) is 18.3 Å².